The number of fused-ring (bicyclic) bond motifs is 2. The van der Waals surface area contributed by atoms with Crippen molar-refractivity contribution >= 4 is 39.8 Å². The molecule has 1 aliphatic rings. The van der Waals surface area contributed by atoms with E-state index in [1.54, 1.807) is 7.05 Å². The number of nitrogens with zero attached hydrogens (tertiary/aromatic N) is 2. The third-order valence-electron chi connectivity index (χ3n) is 7.68. The van der Waals surface area contributed by atoms with Gasteiger partial charge in [-0.2, -0.15) is 4.98 Å². The molecule has 0 saturated heterocycles. The van der Waals surface area contributed by atoms with Crippen LogP contribution in [0.15, 0.2) is 71.1 Å². The Morgan fingerprint density at radius 3 is 2.45 bits per heavy atom. The monoisotopic (exact) mass is 515 g/mol. The average molecular weight is 516 g/mol. The summed E-state index contributed by atoms with van der Waals surface area (Å²) >= 11 is 0. The van der Waals surface area contributed by atoms with Gasteiger partial charge in [0, 0.05) is 12.4 Å². The molecule has 2 N–H and O–H groups in total. The molecule has 0 bridgehead atoms. The van der Waals surface area contributed by atoms with Crippen molar-refractivity contribution in [1.82, 2.24) is 9.88 Å². The molecule has 5 rings (SSSR count). The molecule has 1 aromatic heterocycles. The van der Waals surface area contributed by atoms with E-state index in [1.807, 2.05) is 80.6 Å². The fraction of sp³-hybridized carbons (Fsp3) is 0.367. The molecule has 8 nitrogen and oxygen atoms in total. The van der Waals surface area contributed by atoms with Gasteiger partial charge >= 0.3 is 5.97 Å². The van der Waals surface area contributed by atoms with Crippen molar-refractivity contribution in [3.63, 3.8) is 0 Å². The number of hydrogen-bond donors (Lipinski definition) is 2. The number of rotatable bonds is 8. The van der Waals surface area contributed by atoms with Gasteiger partial charge in [0.2, 0.25) is 5.91 Å². The van der Waals surface area contributed by atoms with E-state index in [0.29, 0.717) is 36.8 Å². The second kappa shape index (κ2) is 10.4. The van der Waals surface area contributed by atoms with E-state index < -0.39 is 17.6 Å². The van der Waals surface area contributed by atoms with Gasteiger partial charge in [-0.3, -0.25) is 4.79 Å². The summed E-state index contributed by atoms with van der Waals surface area (Å²) in [6, 6.07) is 20.9. The van der Waals surface area contributed by atoms with Gasteiger partial charge in [0.05, 0.1) is 6.10 Å². The zero-order valence-corrected chi connectivity index (χ0v) is 21.9. The summed E-state index contributed by atoms with van der Waals surface area (Å²) in [5, 5.41) is 15.6. The van der Waals surface area contributed by atoms with Crippen LogP contribution in [-0.2, 0) is 9.59 Å². The van der Waals surface area contributed by atoms with E-state index in [2.05, 4.69) is 10.3 Å². The molecule has 1 heterocycles. The van der Waals surface area contributed by atoms with Crippen molar-refractivity contribution in [3.8, 4) is 5.75 Å². The zero-order valence-electron chi connectivity index (χ0n) is 21.9. The van der Waals surface area contributed by atoms with Gasteiger partial charge in [-0.05, 0) is 55.2 Å². The number of aromatic nitrogens is 1. The van der Waals surface area contributed by atoms with Crippen molar-refractivity contribution in [2.75, 3.05) is 12.4 Å². The minimum Gasteiger partial charge on any atom is -0.490 e. The number of hydrogen-bond acceptors (Lipinski definition) is 6. The first-order chi connectivity index (χ1) is 18.3. The quantitative estimate of drug-likeness (QED) is 0.309. The van der Waals surface area contributed by atoms with Crippen LogP contribution in [0.1, 0.15) is 39.5 Å². The molecule has 1 saturated carbocycles. The molecule has 0 radical (unpaired) electrons. The number of likely N-dealkylation sites (N-methyl/N-ethyl adjacent to an activating group) is 1. The van der Waals surface area contributed by atoms with Gasteiger partial charge < -0.3 is 24.5 Å². The van der Waals surface area contributed by atoms with Gasteiger partial charge in [-0.15, -0.1) is 0 Å². The SMILES string of the molecule is CC(C)[C@H](Nc1nc2ccccc2o1)C(=O)N(C)[C@]1(C(=O)O)CC[C@H](Oc2cccc3ccccc23)CC1. The summed E-state index contributed by atoms with van der Waals surface area (Å²) in [6.07, 6.45) is 1.52. The second-order valence-electron chi connectivity index (χ2n) is 10.4. The first-order valence-corrected chi connectivity index (χ1v) is 13.1. The van der Waals surface area contributed by atoms with Gasteiger partial charge in [-0.25, -0.2) is 4.79 Å². The van der Waals surface area contributed by atoms with Gasteiger partial charge in [0.1, 0.15) is 22.8 Å². The molecule has 1 fully saturated rings. The van der Waals surface area contributed by atoms with E-state index in [0.717, 1.165) is 16.5 Å². The number of amides is 1. The normalized spacial score (nSPS) is 20.4. The summed E-state index contributed by atoms with van der Waals surface area (Å²) in [6.45, 7) is 3.82. The number of carboxylic acids is 1. The van der Waals surface area contributed by atoms with E-state index in [4.69, 9.17) is 9.15 Å². The molecular formula is C30H33N3O5. The molecule has 1 aliphatic carbocycles. The Labute approximate surface area is 221 Å². The Morgan fingerprint density at radius 1 is 1.05 bits per heavy atom. The number of anilines is 1. The van der Waals surface area contributed by atoms with E-state index in [-0.39, 0.29) is 23.9 Å². The molecule has 3 aromatic carbocycles. The minimum absolute atomic E-state index is 0.128. The Hall–Kier alpha value is -4.07. The maximum Gasteiger partial charge on any atom is 0.329 e. The number of benzene rings is 3. The number of para-hydroxylation sites is 2. The number of carbonyl (C=O) groups excluding carboxylic acids is 1. The minimum atomic E-state index is -1.31. The lowest BCUT2D eigenvalue weighted by atomic mass is 9.78. The standard InChI is InChI=1S/C30H33N3O5/c1-19(2)26(32-29-31-23-12-6-7-13-25(23)38-29)27(34)33(3)30(28(35)36)17-15-21(16-18-30)37-24-14-8-10-20-9-4-5-11-22(20)24/h4-14,19,21,26H,15-18H2,1-3H3,(H,31,32)(H,35,36)/t21-,26-,30+/m0/s1. The Morgan fingerprint density at radius 2 is 1.74 bits per heavy atom. The highest BCUT2D eigenvalue weighted by molar-refractivity contribution is 5.91. The van der Waals surface area contributed by atoms with Crippen molar-refractivity contribution in [3.05, 3.63) is 66.7 Å². The fourth-order valence-corrected chi connectivity index (χ4v) is 5.36. The van der Waals surface area contributed by atoms with Crippen LogP contribution in [0.4, 0.5) is 6.01 Å². The lowest BCUT2D eigenvalue weighted by Crippen LogP contribution is -2.61. The zero-order chi connectivity index (χ0) is 26.9. The summed E-state index contributed by atoms with van der Waals surface area (Å²) in [5.74, 6) is -0.640. The molecular weight excluding hydrogens is 482 g/mol. The van der Waals surface area contributed by atoms with E-state index in [1.165, 1.54) is 4.90 Å². The van der Waals surface area contributed by atoms with Crippen LogP contribution in [0.3, 0.4) is 0 Å². The lowest BCUT2D eigenvalue weighted by Gasteiger charge is -2.44. The summed E-state index contributed by atoms with van der Waals surface area (Å²) in [7, 11) is 1.59. The summed E-state index contributed by atoms with van der Waals surface area (Å²) in [4.78, 5) is 32.2. The van der Waals surface area contributed by atoms with Crippen LogP contribution in [-0.4, -0.2) is 51.6 Å². The number of carboxylic acid groups (broad SMARTS) is 1. The van der Waals surface area contributed by atoms with Gasteiger partial charge in [0.25, 0.3) is 6.01 Å². The third-order valence-corrected chi connectivity index (χ3v) is 7.68. The van der Waals surface area contributed by atoms with Crippen LogP contribution in [0.5, 0.6) is 5.75 Å². The highest BCUT2D eigenvalue weighted by Crippen LogP contribution is 2.37. The largest absolute Gasteiger partial charge is 0.490 e. The highest BCUT2D eigenvalue weighted by Gasteiger charge is 2.49. The lowest BCUT2D eigenvalue weighted by molar-refractivity contribution is -0.162. The smallest absolute Gasteiger partial charge is 0.329 e. The molecule has 1 atom stereocenters. The average Bonchev–Trinajstić information content (AvgIpc) is 3.34. The van der Waals surface area contributed by atoms with Crippen LogP contribution in [0.25, 0.3) is 21.9 Å². The Balaban J connectivity index is 1.31. The Kier molecular flexibility index (Phi) is 6.97. The highest BCUT2D eigenvalue weighted by atomic mass is 16.5. The van der Waals surface area contributed by atoms with Gasteiger partial charge in [-0.1, -0.05) is 62.4 Å². The molecule has 0 unspecified atom stereocenters. The van der Waals surface area contributed by atoms with E-state index >= 15 is 0 Å². The molecule has 0 aliphatic heterocycles. The van der Waals surface area contributed by atoms with Crippen LogP contribution < -0.4 is 10.1 Å². The molecule has 8 heteroatoms. The molecule has 198 valence electrons. The number of ether oxygens (including phenoxy) is 1. The third kappa shape index (κ3) is 4.78. The predicted octanol–water partition coefficient (Wildman–Crippen LogP) is 5.72. The molecule has 0 spiro atoms. The summed E-state index contributed by atoms with van der Waals surface area (Å²) < 4.78 is 12.1. The Bertz CT molecular complexity index is 1420. The molecule has 1 amide bonds. The first kappa shape index (κ1) is 25.6. The molecule has 38 heavy (non-hydrogen) atoms. The number of oxazole rings is 1. The van der Waals surface area contributed by atoms with E-state index in [9.17, 15) is 14.7 Å². The predicted molar refractivity (Wildman–Crippen MR) is 146 cm³/mol. The van der Waals surface area contributed by atoms with Gasteiger partial charge in [0.15, 0.2) is 5.58 Å². The van der Waals surface area contributed by atoms with Crippen molar-refractivity contribution in [2.24, 2.45) is 5.92 Å². The maximum atomic E-state index is 13.7. The fourth-order valence-electron chi connectivity index (χ4n) is 5.36. The topological polar surface area (TPSA) is 105 Å². The first-order valence-electron chi connectivity index (χ1n) is 13.1. The van der Waals surface area contributed by atoms with Crippen molar-refractivity contribution in [1.29, 1.82) is 0 Å². The number of aliphatic carboxylic acids is 1. The maximum absolute atomic E-state index is 13.7. The van der Waals surface area contributed by atoms with Crippen LogP contribution >= 0.6 is 0 Å². The van der Waals surface area contributed by atoms with Crippen molar-refractivity contribution in [2.45, 2.75) is 57.2 Å². The number of nitrogens with one attached hydrogen (secondary N) is 1. The van der Waals surface area contributed by atoms with Crippen LogP contribution in [0, 0.1) is 5.92 Å². The summed E-state index contributed by atoms with van der Waals surface area (Å²) in [5.41, 5.74) is -0.0130. The molecule has 4 aromatic rings. The van der Waals surface area contributed by atoms with Crippen LogP contribution in [0.2, 0.25) is 0 Å². The second-order valence-corrected chi connectivity index (χ2v) is 10.4. The number of carbonyl (C=O) groups is 2. The van der Waals surface area contributed by atoms with Crippen molar-refractivity contribution < 1.29 is 23.8 Å².